The molecule has 0 aliphatic rings. The maximum atomic E-state index is 13.4. The van der Waals surface area contributed by atoms with Gasteiger partial charge in [-0.05, 0) is 54.3 Å². The van der Waals surface area contributed by atoms with Crippen molar-refractivity contribution < 1.29 is 26.0 Å². The summed E-state index contributed by atoms with van der Waals surface area (Å²) in [5, 5.41) is -0.205. The van der Waals surface area contributed by atoms with Crippen LogP contribution in [0.15, 0.2) is 86.9 Å². The van der Waals surface area contributed by atoms with Crippen LogP contribution in [-0.4, -0.2) is 8.42 Å². The number of alkyl halides is 3. The Hall–Kier alpha value is -3.43. The van der Waals surface area contributed by atoms with Crippen LogP contribution in [0.5, 0.6) is 0 Å². The van der Waals surface area contributed by atoms with Gasteiger partial charge < -0.3 is 4.42 Å². The standard InChI is InChI=1S/C25H20F3NO4S/c1-16-2-4-18(5-3-16)15-29-34(31,32)20-9-6-17(7-10-20)12-19-8-11-23-21(13-19)22(25(26,27)28)14-24(30)33-23/h2-11,13-14,29H,12,15H2,1H3. The van der Waals surface area contributed by atoms with Crippen molar-refractivity contribution in [3.8, 4) is 0 Å². The summed E-state index contributed by atoms with van der Waals surface area (Å²) in [6.45, 7) is 2.10. The van der Waals surface area contributed by atoms with Crippen LogP contribution < -0.4 is 10.3 Å². The van der Waals surface area contributed by atoms with E-state index in [1.807, 2.05) is 31.2 Å². The van der Waals surface area contributed by atoms with Gasteiger partial charge in [0.25, 0.3) is 0 Å². The number of sulfonamides is 1. The molecular weight excluding hydrogens is 467 g/mol. The number of halogens is 3. The quantitative estimate of drug-likeness (QED) is 0.380. The summed E-state index contributed by atoms with van der Waals surface area (Å²) < 4.78 is 72.7. The predicted octanol–water partition coefficient (Wildman–Crippen LogP) is 5.19. The molecule has 0 amide bonds. The molecule has 4 aromatic rings. The molecule has 0 aliphatic carbocycles. The highest BCUT2D eigenvalue weighted by atomic mass is 32.2. The lowest BCUT2D eigenvalue weighted by Gasteiger charge is -2.11. The van der Waals surface area contributed by atoms with Crippen LogP contribution in [0.3, 0.4) is 0 Å². The fourth-order valence-electron chi connectivity index (χ4n) is 3.54. The van der Waals surface area contributed by atoms with E-state index in [1.54, 1.807) is 18.2 Å². The van der Waals surface area contributed by atoms with Gasteiger partial charge in [0.2, 0.25) is 10.0 Å². The van der Waals surface area contributed by atoms with Gasteiger partial charge in [0.1, 0.15) is 5.58 Å². The molecule has 4 rings (SSSR count). The van der Waals surface area contributed by atoms with Gasteiger partial charge in [0.15, 0.2) is 0 Å². The Kier molecular flexibility index (Phi) is 6.33. The second-order valence-corrected chi connectivity index (χ2v) is 9.71. The first-order valence-electron chi connectivity index (χ1n) is 10.3. The third-order valence-electron chi connectivity index (χ3n) is 5.34. The molecule has 5 nitrogen and oxygen atoms in total. The Morgan fingerprint density at radius 3 is 2.12 bits per heavy atom. The molecule has 1 heterocycles. The van der Waals surface area contributed by atoms with Crippen molar-refractivity contribution in [1.29, 1.82) is 0 Å². The number of nitrogens with one attached hydrogen (secondary N) is 1. The van der Waals surface area contributed by atoms with E-state index >= 15 is 0 Å². The molecule has 0 fully saturated rings. The SMILES string of the molecule is Cc1ccc(CNS(=O)(=O)c2ccc(Cc3ccc4oc(=O)cc(C(F)(F)F)c4c3)cc2)cc1. The van der Waals surface area contributed by atoms with Crippen molar-refractivity contribution in [3.63, 3.8) is 0 Å². The third-order valence-corrected chi connectivity index (χ3v) is 6.76. The topological polar surface area (TPSA) is 76.4 Å². The van der Waals surface area contributed by atoms with Crippen LogP contribution in [0.25, 0.3) is 11.0 Å². The summed E-state index contributed by atoms with van der Waals surface area (Å²) in [5.74, 6) is 0. The molecule has 0 unspecified atom stereocenters. The molecule has 0 saturated heterocycles. The Labute approximate surface area is 193 Å². The van der Waals surface area contributed by atoms with E-state index in [1.165, 1.54) is 24.3 Å². The van der Waals surface area contributed by atoms with Crippen molar-refractivity contribution >= 4 is 21.0 Å². The Balaban J connectivity index is 1.52. The van der Waals surface area contributed by atoms with Gasteiger partial charge >= 0.3 is 11.8 Å². The molecule has 1 aromatic heterocycles. The summed E-state index contributed by atoms with van der Waals surface area (Å²) in [5.41, 5.74) is 0.901. The van der Waals surface area contributed by atoms with E-state index in [9.17, 15) is 26.4 Å². The first-order chi connectivity index (χ1) is 16.0. The molecule has 3 aromatic carbocycles. The van der Waals surface area contributed by atoms with Gasteiger partial charge in [0, 0.05) is 18.0 Å². The van der Waals surface area contributed by atoms with Crippen molar-refractivity contribution in [2.24, 2.45) is 0 Å². The zero-order valence-electron chi connectivity index (χ0n) is 18.0. The predicted molar refractivity (Wildman–Crippen MR) is 122 cm³/mol. The van der Waals surface area contributed by atoms with Gasteiger partial charge in [-0.25, -0.2) is 17.9 Å². The summed E-state index contributed by atoms with van der Waals surface area (Å²) in [6, 6.07) is 18.3. The Morgan fingerprint density at radius 2 is 1.47 bits per heavy atom. The number of hydrogen-bond acceptors (Lipinski definition) is 4. The number of hydrogen-bond donors (Lipinski definition) is 1. The Bertz CT molecular complexity index is 1490. The summed E-state index contributed by atoms with van der Waals surface area (Å²) >= 11 is 0. The second-order valence-electron chi connectivity index (χ2n) is 7.94. The summed E-state index contributed by atoms with van der Waals surface area (Å²) in [4.78, 5) is 11.5. The number of rotatable bonds is 6. The molecule has 0 atom stereocenters. The zero-order chi connectivity index (χ0) is 24.5. The first-order valence-corrected chi connectivity index (χ1v) is 11.8. The maximum absolute atomic E-state index is 13.4. The van der Waals surface area contributed by atoms with Crippen molar-refractivity contribution in [3.05, 3.63) is 111 Å². The minimum atomic E-state index is -4.70. The monoisotopic (exact) mass is 487 g/mol. The molecule has 0 aliphatic heterocycles. The summed E-state index contributed by atoms with van der Waals surface area (Å²) in [7, 11) is -3.73. The fraction of sp³-hybridized carbons (Fsp3) is 0.160. The van der Waals surface area contributed by atoms with Crippen LogP contribution >= 0.6 is 0 Å². The lowest BCUT2D eigenvalue weighted by molar-refractivity contribution is -0.136. The largest absolute Gasteiger partial charge is 0.423 e. The highest BCUT2D eigenvalue weighted by molar-refractivity contribution is 7.89. The third kappa shape index (κ3) is 5.37. The van der Waals surface area contributed by atoms with Gasteiger partial charge in [0.05, 0.1) is 10.5 Å². The molecule has 0 saturated carbocycles. The smallest absolute Gasteiger partial charge is 0.417 e. The van der Waals surface area contributed by atoms with Crippen LogP contribution in [0.1, 0.15) is 27.8 Å². The van der Waals surface area contributed by atoms with Crippen LogP contribution in [0.2, 0.25) is 0 Å². The van der Waals surface area contributed by atoms with Gasteiger partial charge in [-0.2, -0.15) is 13.2 Å². The highest BCUT2D eigenvalue weighted by Crippen LogP contribution is 2.34. The minimum absolute atomic E-state index is 0.0861. The minimum Gasteiger partial charge on any atom is -0.423 e. The molecule has 0 spiro atoms. The van der Waals surface area contributed by atoms with E-state index in [4.69, 9.17) is 4.42 Å². The van der Waals surface area contributed by atoms with E-state index in [2.05, 4.69) is 4.72 Å². The molecule has 176 valence electrons. The van der Waals surface area contributed by atoms with Crippen LogP contribution in [0, 0.1) is 6.92 Å². The van der Waals surface area contributed by atoms with Crippen LogP contribution in [0.4, 0.5) is 13.2 Å². The van der Waals surface area contributed by atoms with Crippen molar-refractivity contribution in [2.45, 2.75) is 31.0 Å². The normalized spacial score (nSPS) is 12.2. The van der Waals surface area contributed by atoms with Gasteiger partial charge in [-0.3, -0.25) is 0 Å². The second kappa shape index (κ2) is 9.08. The molecule has 34 heavy (non-hydrogen) atoms. The average molecular weight is 487 g/mol. The Morgan fingerprint density at radius 1 is 0.853 bits per heavy atom. The molecule has 1 N–H and O–H groups in total. The first kappa shape index (κ1) is 23.7. The molecule has 0 radical (unpaired) electrons. The molecular formula is C25H20F3NO4S. The van der Waals surface area contributed by atoms with E-state index in [0.717, 1.165) is 11.1 Å². The van der Waals surface area contributed by atoms with E-state index in [0.29, 0.717) is 17.2 Å². The molecule has 0 bridgehead atoms. The van der Waals surface area contributed by atoms with E-state index in [-0.39, 0.29) is 28.8 Å². The average Bonchev–Trinajstić information content (AvgIpc) is 2.78. The summed E-state index contributed by atoms with van der Waals surface area (Å²) in [6.07, 6.45) is -4.43. The fourth-order valence-corrected chi connectivity index (χ4v) is 4.56. The van der Waals surface area contributed by atoms with Gasteiger partial charge in [-0.1, -0.05) is 48.0 Å². The lowest BCUT2D eigenvalue weighted by Crippen LogP contribution is -2.23. The van der Waals surface area contributed by atoms with Gasteiger partial charge in [-0.15, -0.1) is 0 Å². The van der Waals surface area contributed by atoms with Crippen molar-refractivity contribution in [1.82, 2.24) is 4.72 Å². The van der Waals surface area contributed by atoms with E-state index < -0.39 is 27.4 Å². The molecule has 9 heteroatoms. The number of fused-ring (bicyclic) bond motifs is 1. The number of benzene rings is 3. The number of aryl methyl sites for hydroxylation is 1. The lowest BCUT2D eigenvalue weighted by atomic mass is 10.0. The zero-order valence-corrected chi connectivity index (χ0v) is 18.8. The van der Waals surface area contributed by atoms with Crippen molar-refractivity contribution in [2.75, 3.05) is 0 Å². The van der Waals surface area contributed by atoms with Crippen LogP contribution in [-0.2, 0) is 29.2 Å². The maximum Gasteiger partial charge on any atom is 0.417 e. The highest BCUT2D eigenvalue weighted by Gasteiger charge is 2.33.